The summed E-state index contributed by atoms with van der Waals surface area (Å²) in [5.74, 6) is 0. The van der Waals surface area contributed by atoms with Crippen LogP contribution in [0.3, 0.4) is 0 Å². The summed E-state index contributed by atoms with van der Waals surface area (Å²) in [6.45, 7) is 0. The fourth-order valence-corrected chi connectivity index (χ4v) is 1.80. The normalized spacial score (nSPS) is 21.1. The van der Waals surface area contributed by atoms with Gasteiger partial charge in [0.05, 0.1) is 6.04 Å². The first-order chi connectivity index (χ1) is 7.48. The zero-order valence-corrected chi connectivity index (χ0v) is 8.70. The lowest BCUT2D eigenvalue weighted by Gasteiger charge is -2.18. The SMILES string of the molecule is CN1N=C(C(F)(F)F)C[C@@H]1c1ccccc1. The number of halogens is 3. The van der Waals surface area contributed by atoms with Crippen LogP contribution >= 0.6 is 0 Å². The molecule has 0 saturated carbocycles. The van der Waals surface area contributed by atoms with Gasteiger partial charge in [-0.25, -0.2) is 0 Å². The number of benzene rings is 1. The molecule has 0 aliphatic carbocycles. The standard InChI is InChI=1S/C11H11F3N2/c1-16-9(8-5-3-2-4-6-8)7-10(15-16)11(12,13)14/h2-6,9H,7H2,1H3/t9-/m1/s1. The summed E-state index contributed by atoms with van der Waals surface area (Å²) in [5.41, 5.74) is 0.150. The summed E-state index contributed by atoms with van der Waals surface area (Å²) in [6.07, 6.45) is -4.40. The molecule has 0 fully saturated rings. The van der Waals surface area contributed by atoms with Crippen molar-refractivity contribution >= 4 is 5.71 Å². The molecule has 0 saturated heterocycles. The summed E-state index contributed by atoms with van der Waals surface area (Å²) >= 11 is 0. The van der Waals surface area contributed by atoms with Crippen LogP contribution in [-0.2, 0) is 0 Å². The first kappa shape index (κ1) is 11.0. The van der Waals surface area contributed by atoms with E-state index in [1.807, 2.05) is 30.3 Å². The highest BCUT2D eigenvalue weighted by atomic mass is 19.4. The van der Waals surface area contributed by atoms with E-state index in [4.69, 9.17) is 0 Å². The topological polar surface area (TPSA) is 15.6 Å². The van der Waals surface area contributed by atoms with E-state index in [1.54, 1.807) is 7.05 Å². The van der Waals surface area contributed by atoms with E-state index in [0.717, 1.165) is 5.56 Å². The number of rotatable bonds is 1. The minimum atomic E-state index is -4.32. The van der Waals surface area contributed by atoms with Crippen molar-refractivity contribution in [2.45, 2.75) is 18.6 Å². The first-order valence-electron chi connectivity index (χ1n) is 4.91. The van der Waals surface area contributed by atoms with Gasteiger partial charge in [0.25, 0.3) is 0 Å². The Morgan fingerprint density at radius 2 is 1.88 bits per heavy atom. The van der Waals surface area contributed by atoms with Crippen LogP contribution in [0.2, 0.25) is 0 Å². The van der Waals surface area contributed by atoms with Gasteiger partial charge in [0.1, 0.15) is 5.71 Å². The molecule has 1 aromatic carbocycles. The maximum absolute atomic E-state index is 12.5. The second-order valence-electron chi connectivity index (χ2n) is 3.75. The molecule has 0 aromatic heterocycles. The fraction of sp³-hybridized carbons (Fsp3) is 0.364. The lowest BCUT2D eigenvalue weighted by molar-refractivity contribution is -0.0601. The smallest absolute Gasteiger partial charge is 0.292 e. The average Bonchev–Trinajstić information content (AvgIpc) is 2.61. The molecule has 86 valence electrons. The average molecular weight is 228 g/mol. The number of hydrogen-bond acceptors (Lipinski definition) is 2. The minimum Gasteiger partial charge on any atom is -0.292 e. The van der Waals surface area contributed by atoms with Crippen molar-refractivity contribution < 1.29 is 13.2 Å². The fourth-order valence-electron chi connectivity index (χ4n) is 1.80. The Morgan fingerprint density at radius 1 is 1.25 bits per heavy atom. The molecular weight excluding hydrogens is 217 g/mol. The van der Waals surface area contributed by atoms with Crippen LogP contribution in [0.25, 0.3) is 0 Å². The Balaban J connectivity index is 2.19. The van der Waals surface area contributed by atoms with Crippen molar-refractivity contribution in [3.05, 3.63) is 35.9 Å². The Bertz CT molecular complexity index is 397. The number of hydrazone groups is 1. The van der Waals surface area contributed by atoms with Gasteiger partial charge in [-0.2, -0.15) is 18.3 Å². The molecule has 16 heavy (non-hydrogen) atoms. The predicted molar refractivity (Wildman–Crippen MR) is 55.1 cm³/mol. The van der Waals surface area contributed by atoms with Crippen LogP contribution in [0.15, 0.2) is 35.4 Å². The van der Waals surface area contributed by atoms with Crippen molar-refractivity contribution in [2.75, 3.05) is 7.05 Å². The van der Waals surface area contributed by atoms with Gasteiger partial charge >= 0.3 is 6.18 Å². The van der Waals surface area contributed by atoms with E-state index in [1.165, 1.54) is 5.01 Å². The minimum absolute atomic E-state index is 0.0794. The van der Waals surface area contributed by atoms with Crippen LogP contribution < -0.4 is 0 Å². The van der Waals surface area contributed by atoms with E-state index < -0.39 is 11.9 Å². The van der Waals surface area contributed by atoms with Crippen LogP contribution in [-0.4, -0.2) is 23.9 Å². The van der Waals surface area contributed by atoms with Gasteiger partial charge in [0, 0.05) is 13.5 Å². The third-order valence-corrected chi connectivity index (χ3v) is 2.63. The zero-order chi connectivity index (χ0) is 11.8. The third kappa shape index (κ3) is 2.03. The number of hydrogen-bond donors (Lipinski definition) is 0. The molecule has 2 rings (SSSR count). The summed E-state index contributed by atoms with van der Waals surface area (Å²) in [4.78, 5) is 0. The Labute approximate surface area is 91.4 Å². The van der Waals surface area contributed by atoms with Crippen molar-refractivity contribution in [2.24, 2.45) is 5.10 Å². The summed E-state index contributed by atoms with van der Waals surface area (Å²) in [6, 6.07) is 8.79. The van der Waals surface area contributed by atoms with E-state index in [0.29, 0.717) is 0 Å². The molecule has 1 heterocycles. The Hall–Kier alpha value is -1.52. The Morgan fingerprint density at radius 3 is 2.38 bits per heavy atom. The van der Waals surface area contributed by atoms with E-state index in [-0.39, 0.29) is 12.5 Å². The second-order valence-corrected chi connectivity index (χ2v) is 3.75. The lowest BCUT2D eigenvalue weighted by atomic mass is 10.0. The Kier molecular flexibility index (Phi) is 2.61. The van der Waals surface area contributed by atoms with Crippen LogP contribution in [0, 0.1) is 0 Å². The van der Waals surface area contributed by atoms with Crippen molar-refractivity contribution in [1.82, 2.24) is 5.01 Å². The number of nitrogens with zero attached hydrogens (tertiary/aromatic N) is 2. The van der Waals surface area contributed by atoms with E-state index in [2.05, 4.69) is 5.10 Å². The maximum Gasteiger partial charge on any atom is 0.431 e. The lowest BCUT2D eigenvalue weighted by Crippen LogP contribution is -2.21. The number of alkyl halides is 3. The predicted octanol–water partition coefficient (Wildman–Crippen LogP) is 2.98. The highest BCUT2D eigenvalue weighted by Crippen LogP contribution is 2.34. The molecular formula is C11H11F3N2. The molecule has 0 radical (unpaired) electrons. The molecule has 0 amide bonds. The first-order valence-corrected chi connectivity index (χ1v) is 4.91. The summed E-state index contributed by atoms with van der Waals surface area (Å²) < 4.78 is 37.4. The molecule has 0 spiro atoms. The highest BCUT2D eigenvalue weighted by molar-refractivity contribution is 5.91. The highest BCUT2D eigenvalue weighted by Gasteiger charge is 2.42. The van der Waals surface area contributed by atoms with Crippen LogP contribution in [0.5, 0.6) is 0 Å². The molecule has 1 aliphatic rings. The second kappa shape index (κ2) is 3.81. The van der Waals surface area contributed by atoms with Gasteiger partial charge in [-0.1, -0.05) is 30.3 Å². The molecule has 2 nitrogen and oxygen atoms in total. The molecule has 0 N–H and O–H groups in total. The molecule has 1 atom stereocenters. The van der Waals surface area contributed by atoms with E-state index in [9.17, 15) is 13.2 Å². The molecule has 0 bridgehead atoms. The third-order valence-electron chi connectivity index (χ3n) is 2.63. The van der Waals surface area contributed by atoms with Gasteiger partial charge in [-0.05, 0) is 5.56 Å². The van der Waals surface area contributed by atoms with Crippen LogP contribution in [0.1, 0.15) is 18.0 Å². The molecule has 0 unspecified atom stereocenters. The zero-order valence-electron chi connectivity index (χ0n) is 8.70. The summed E-state index contributed by atoms with van der Waals surface area (Å²) in [5, 5.41) is 4.92. The van der Waals surface area contributed by atoms with Gasteiger partial charge in [0.2, 0.25) is 0 Å². The van der Waals surface area contributed by atoms with E-state index >= 15 is 0 Å². The monoisotopic (exact) mass is 228 g/mol. The maximum atomic E-state index is 12.5. The molecule has 1 aliphatic heterocycles. The van der Waals surface area contributed by atoms with Crippen molar-refractivity contribution in [3.8, 4) is 0 Å². The van der Waals surface area contributed by atoms with Gasteiger partial charge in [-0.3, -0.25) is 5.01 Å². The van der Waals surface area contributed by atoms with Gasteiger partial charge in [0.15, 0.2) is 0 Å². The van der Waals surface area contributed by atoms with Crippen LogP contribution in [0.4, 0.5) is 13.2 Å². The van der Waals surface area contributed by atoms with Crippen molar-refractivity contribution in [1.29, 1.82) is 0 Å². The van der Waals surface area contributed by atoms with Crippen molar-refractivity contribution in [3.63, 3.8) is 0 Å². The molecule has 5 heteroatoms. The van der Waals surface area contributed by atoms with Gasteiger partial charge in [-0.15, -0.1) is 0 Å². The largest absolute Gasteiger partial charge is 0.431 e. The molecule has 1 aromatic rings. The quantitative estimate of drug-likeness (QED) is 0.721. The summed E-state index contributed by atoms with van der Waals surface area (Å²) in [7, 11) is 1.57. The van der Waals surface area contributed by atoms with Gasteiger partial charge < -0.3 is 0 Å².